The maximum atomic E-state index is 12.9. The van der Waals surface area contributed by atoms with Crippen LogP contribution in [0.25, 0.3) is 11.0 Å². The molecule has 1 aliphatic heterocycles. The summed E-state index contributed by atoms with van der Waals surface area (Å²) in [5.41, 5.74) is 4.29. The predicted octanol–water partition coefficient (Wildman–Crippen LogP) is 7.58. The van der Waals surface area contributed by atoms with Gasteiger partial charge in [-0.25, -0.2) is 4.98 Å². The molecule has 0 N–H and O–H groups in total. The number of anilines is 1. The van der Waals surface area contributed by atoms with E-state index in [2.05, 4.69) is 54.8 Å². The normalized spacial score (nSPS) is 16.5. The lowest BCUT2D eigenvalue weighted by Gasteiger charge is -2.18. The second-order valence-electron chi connectivity index (χ2n) is 9.93. The number of ether oxygens (including phenoxy) is 1. The fourth-order valence-corrected chi connectivity index (χ4v) is 5.29. The van der Waals surface area contributed by atoms with Gasteiger partial charge in [0.05, 0.1) is 17.6 Å². The molecule has 0 saturated carbocycles. The fourth-order valence-electron chi connectivity index (χ4n) is 5.11. The molecular weight excluding hydrogens is 482 g/mol. The van der Waals surface area contributed by atoms with Crippen LogP contribution in [0, 0.1) is 0 Å². The molecule has 1 aromatic heterocycles. The summed E-state index contributed by atoms with van der Waals surface area (Å²) in [6.45, 7) is 6.59. The number of unbranched alkanes of at least 4 members (excludes halogenated alkanes) is 1. The first-order valence-electron chi connectivity index (χ1n) is 13.3. The van der Waals surface area contributed by atoms with Crippen LogP contribution in [0.5, 0.6) is 5.75 Å². The van der Waals surface area contributed by atoms with Crippen molar-refractivity contribution in [3.8, 4) is 5.75 Å². The summed E-state index contributed by atoms with van der Waals surface area (Å²) in [7, 11) is 0. The minimum atomic E-state index is 0.0409. The molecule has 0 spiro atoms. The summed E-state index contributed by atoms with van der Waals surface area (Å²) in [4.78, 5) is 19.7. The van der Waals surface area contributed by atoms with Crippen LogP contribution in [0.1, 0.15) is 62.8 Å². The quantitative estimate of drug-likeness (QED) is 0.204. The Kier molecular flexibility index (Phi) is 7.80. The maximum absolute atomic E-state index is 12.9. The third-order valence-corrected chi connectivity index (χ3v) is 7.64. The van der Waals surface area contributed by atoms with Gasteiger partial charge in [0.15, 0.2) is 0 Å². The topological polar surface area (TPSA) is 47.4 Å². The minimum absolute atomic E-state index is 0.0409. The lowest BCUT2D eigenvalue weighted by Crippen LogP contribution is -2.24. The van der Waals surface area contributed by atoms with E-state index >= 15 is 0 Å². The average molecular weight is 516 g/mol. The Balaban J connectivity index is 1.24. The summed E-state index contributed by atoms with van der Waals surface area (Å²) in [6, 6.07) is 24.2. The van der Waals surface area contributed by atoms with Gasteiger partial charge >= 0.3 is 0 Å². The SMILES string of the molecule is CCC(C)c1ccc(OCCCCn2c(C3CC(=O)N(c4cccc(Cl)c4)C3)nc3ccccc32)cc1. The van der Waals surface area contributed by atoms with Crippen LogP contribution in [0.2, 0.25) is 5.02 Å². The first-order valence-corrected chi connectivity index (χ1v) is 13.6. The Labute approximate surface area is 224 Å². The molecule has 4 aromatic rings. The molecule has 6 heteroatoms. The van der Waals surface area contributed by atoms with E-state index in [1.807, 2.05) is 41.3 Å². The Hall–Kier alpha value is -3.31. The zero-order valence-electron chi connectivity index (χ0n) is 21.6. The van der Waals surface area contributed by atoms with Crippen LogP contribution in [0.15, 0.2) is 72.8 Å². The Morgan fingerprint density at radius 3 is 2.65 bits per heavy atom. The Morgan fingerprint density at radius 1 is 1.05 bits per heavy atom. The summed E-state index contributed by atoms with van der Waals surface area (Å²) in [5.74, 6) is 2.63. The highest BCUT2D eigenvalue weighted by Crippen LogP contribution is 2.34. The van der Waals surface area contributed by atoms with Crippen LogP contribution in [-0.2, 0) is 11.3 Å². The molecule has 37 heavy (non-hydrogen) atoms. The molecule has 1 saturated heterocycles. The largest absolute Gasteiger partial charge is 0.494 e. The van der Waals surface area contributed by atoms with Crippen molar-refractivity contribution in [2.45, 2.75) is 57.9 Å². The minimum Gasteiger partial charge on any atom is -0.494 e. The molecule has 5 nitrogen and oxygen atoms in total. The molecule has 1 fully saturated rings. The van der Waals surface area contributed by atoms with Gasteiger partial charge in [0.25, 0.3) is 0 Å². The smallest absolute Gasteiger partial charge is 0.227 e. The lowest BCUT2D eigenvalue weighted by atomic mass is 9.99. The van der Waals surface area contributed by atoms with Gasteiger partial charge in [-0.1, -0.05) is 55.8 Å². The van der Waals surface area contributed by atoms with Crippen LogP contribution < -0.4 is 9.64 Å². The molecule has 2 unspecified atom stereocenters. The van der Waals surface area contributed by atoms with Crippen molar-refractivity contribution in [2.24, 2.45) is 0 Å². The number of hydrogen-bond acceptors (Lipinski definition) is 3. The maximum Gasteiger partial charge on any atom is 0.227 e. The number of fused-ring (bicyclic) bond motifs is 1. The summed E-state index contributed by atoms with van der Waals surface area (Å²) >= 11 is 6.19. The van der Waals surface area contributed by atoms with Crippen LogP contribution in [0.3, 0.4) is 0 Å². The highest BCUT2D eigenvalue weighted by Gasteiger charge is 2.34. The predicted molar refractivity (Wildman–Crippen MR) is 151 cm³/mol. The van der Waals surface area contributed by atoms with Gasteiger partial charge in [-0.15, -0.1) is 0 Å². The van der Waals surface area contributed by atoms with Gasteiger partial charge in [0.2, 0.25) is 5.91 Å². The summed E-state index contributed by atoms with van der Waals surface area (Å²) in [5, 5.41) is 0.634. The number of nitrogens with zero attached hydrogens (tertiary/aromatic N) is 3. The van der Waals surface area contributed by atoms with Crippen molar-refractivity contribution in [1.82, 2.24) is 9.55 Å². The molecule has 1 aliphatic rings. The number of hydrogen-bond donors (Lipinski definition) is 0. The first kappa shape index (κ1) is 25.3. The number of aromatic nitrogens is 2. The van der Waals surface area contributed by atoms with Gasteiger partial charge in [-0.2, -0.15) is 0 Å². The first-order chi connectivity index (χ1) is 18.0. The number of carbonyl (C=O) groups excluding carboxylic acids is 1. The molecule has 2 atom stereocenters. The number of imidazole rings is 1. The fraction of sp³-hybridized carbons (Fsp3) is 0.355. The average Bonchev–Trinajstić information content (AvgIpc) is 3.49. The van der Waals surface area contributed by atoms with E-state index in [9.17, 15) is 4.79 Å². The molecule has 0 radical (unpaired) electrons. The van der Waals surface area contributed by atoms with E-state index in [1.165, 1.54) is 5.56 Å². The molecule has 3 aromatic carbocycles. The van der Waals surface area contributed by atoms with Crippen molar-refractivity contribution in [3.63, 3.8) is 0 Å². The standard InChI is InChI=1S/C31H34ClN3O2/c1-3-22(2)23-13-15-27(16-14-23)37-18-7-6-17-34-29-12-5-4-11-28(29)33-31(34)24-19-30(36)35(21-24)26-10-8-9-25(32)20-26/h4-5,8-16,20,22,24H,3,6-7,17-19,21H2,1-2H3. The van der Waals surface area contributed by atoms with E-state index in [0.717, 1.165) is 54.1 Å². The van der Waals surface area contributed by atoms with Crippen LogP contribution >= 0.6 is 11.6 Å². The monoisotopic (exact) mass is 515 g/mol. The Bertz CT molecular complexity index is 1360. The van der Waals surface area contributed by atoms with Crippen LogP contribution in [-0.4, -0.2) is 28.6 Å². The Morgan fingerprint density at radius 2 is 1.86 bits per heavy atom. The van der Waals surface area contributed by atoms with Gasteiger partial charge in [0.1, 0.15) is 11.6 Å². The van der Waals surface area contributed by atoms with E-state index in [-0.39, 0.29) is 11.8 Å². The highest BCUT2D eigenvalue weighted by molar-refractivity contribution is 6.30. The number of aryl methyl sites for hydroxylation is 1. The van der Waals surface area contributed by atoms with Gasteiger partial charge in [-0.3, -0.25) is 4.79 Å². The van der Waals surface area contributed by atoms with Gasteiger partial charge in [-0.05, 0) is 73.2 Å². The van der Waals surface area contributed by atoms with Crippen molar-refractivity contribution < 1.29 is 9.53 Å². The molecule has 192 valence electrons. The van der Waals surface area contributed by atoms with E-state index in [0.29, 0.717) is 30.5 Å². The van der Waals surface area contributed by atoms with E-state index < -0.39 is 0 Å². The molecule has 0 aliphatic carbocycles. The lowest BCUT2D eigenvalue weighted by molar-refractivity contribution is -0.117. The molecule has 0 bridgehead atoms. The van der Waals surface area contributed by atoms with Gasteiger partial charge < -0.3 is 14.2 Å². The zero-order chi connectivity index (χ0) is 25.8. The van der Waals surface area contributed by atoms with Crippen LogP contribution in [0.4, 0.5) is 5.69 Å². The zero-order valence-corrected chi connectivity index (χ0v) is 22.3. The number of halogens is 1. The van der Waals surface area contributed by atoms with Crippen molar-refractivity contribution in [3.05, 3.63) is 89.2 Å². The third kappa shape index (κ3) is 5.67. The van der Waals surface area contributed by atoms with Gasteiger partial charge in [0, 0.05) is 36.1 Å². The summed E-state index contributed by atoms with van der Waals surface area (Å²) < 4.78 is 8.31. The number of carbonyl (C=O) groups is 1. The van der Waals surface area contributed by atoms with Crippen molar-refractivity contribution in [1.29, 1.82) is 0 Å². The number of para-hydroxylation sites is 2. The number of rotatable bonds is 10. The van der Waals surface area contributed by atoms with E-state index in [4.69, 9.17) is 21.3 Å². The van der Waals surface area contributed by atoms with Crippen molar-refractivity contribution in [2.75, 3.05) is 18.1 Å². The molecule has 2 heterocycles. The second-order valence-corrected chi connectivity index (χ2v) is 10.4. The number of amides is 1. The summed E-state index contributed by atoms with van der Waals surface area (Å²) in [6.07, 6.45) is 3.50. The molecular formula is C31H34ClN3O2. The molecule has 1 amide bonds. The molecule has 5 rings (SSSR count). The van der Waals surface area contributed by atoms with E-state index in [1.54, 1.807) is 0 Å². The van der Waals surface area contributed by atoms with Crippen molar-refractivity contribution >= 4 is 34.2 Å². The third-order valence-electron chi connectivity index (χ3n) is 7.40. The second kappa shape index (κ2) is 11.4. The highest BCUT2D eigenvalue weighted by atomic mass is 35.5. The number of benzene rings is 3.